The van der Waals surface area contributed by atoms with Crippen molar-refractivity contribution in [1.82, 2.24) is 0 Å². The molecule has 0 bridgehead atoms. The van der Waals surface area contributed by atoms with Crippen molar-refractivity contribution in [3.05, 3.63) is 0 Å². The van der Waals surface area contributed by atoms with Crippen molar-refractivity contribution in [2.75, 3.05) is 13.2 Å². The Morgan fingerprint density at radius 1 is 1.60 bits per heavy atom. The molecule has 3 unspecified atom stereocenters. The molecule has 3 heteroatoms. The Bertz CT molecular complexity index is 182. The number of carbonyl (C=O) groups excluding carboxylic acids is 1. The van der Waals surface area contributed by atoms with Crippen LogP contribution in [0.3, 0.4) is 0 Å². The van der Waals surface area contributed by atoms with E-state index in [0.717, 1.165) is 32.2 Å². The molecule has 1 fully saturated rings. The predicted molar refractivity (Wildman–Crippen MR) is 58.6 cm³/mol. The summed E-state index contributed by atoms with van der Waals surface area (Å²) in [4.78, 5) is 10.3. The van der Waals surface area contributed by atoms with Gasteiger partial charge < -0.3 is 14.3 Å². The van der Waals surface area contributed by atoms with Crippen LogP contribution in [0.1, 0.15) is 39.5 Å². The lowest BCUT2D eigenvalue weighted by molar-refractivity contribution is -0.174. The molecule has 1 aliphatic heterocycles. The fourth-order valence-electron chi connectivity index (χ4n) is 1.71. The van der Waals surface area contributed by atoms with Gasteiger partial charge in [0.15, 0.2) is 6.29 Å². The Hall–Kier alpha value is -0.410. The average molecular weight is 214 g/mol. The highest BCUT2D eigenvalue weighted by atomic mass is 16.7. The Labute approximate surface area is 92.1 Å². The Morgan fingerprint density at radius 3 is 3.07 bits per heavy atom. The number of carbonyl (C=O) groups is 1. The van der Waals surface area contributed by atoms with Gasteiger partial charge in [0, 0.05) is 26.1 Å². The van der Waals surface area contributed by atoms with Gasteiger partial charge in [-0.1, -0.05) is 13.8 Å². The number of hydrogen-bond donors (Lipinski definition) is 0. The molecule has 3 atom stereocenters. The highest BCUT2D eigenvalue weighted by Crippen LogP contribution is 2.20. The first-order chi connectivity index (χ1) is 7.22. The van der Waals surface area contributed by atoms with Gasteiger partial charge in [-0.25, -0.2) is 0 Å². The molecule has 0 aromatic heterocycles. The van der Waals surface area contributed by atoms with E-state index in [4.69, 9.17) is 9.47 Å². The van der Waals surface area contributed by atoms with Gasteiger partial charge in [-0.2, -0.15) is 0 Å². The maximum Gasteiger partial charge on any atom is 0.157 e. The van der Waals surface area contributed by atoms with Gasteiger partial charge in [0.25, 0.3) is 0 Å². The van der Waals surface area contributed by atoms with Crippen molar-refractivity contribution in [3.8, 4) is 0 Å². The summed E-state index contributed by atoms with van der Waals surface area (Å²) >= 11 is 0. The molecule has 0 spiro atoms. The van der Waals surface area contributed by atoms with Crippen LogP contribution in [-0.4, -0.2) is 25.8 Å². The van der Waals surface area contributed by atoms with Crippen molar-refractivity contribution in [3.63, 3.8) is 0 Å². The molecular formula is C12H22O3. The molecule has 88 valence electrons. The van der Waals surface area contributed by atoms with Gasteiger partial charge in [-0.15, -0.1) is 0 Å². The molecule has 0 amide bonds. The van der Waals surface area contributed by atoms with Crippen LogP contribution in [0.5, 0.6) is 0 Å². The van der Waals surface area contributed by atoms with E-state index in [0.29, 0.717) is 24.9 Å². The van der Waals surface area contributed by atoms with E-state index in [1.54, 1.807) is 0 Å². The molecule has 3 nitrogen and oxygen atoms in total. The first-order valence-corrected chi connectivity index (χ1v) is 5.89. The molecule has 0 aromatic rings. The Balaban J connectivity index is 2.06. The van der Waals surface area contributed by atoms with Crippen LogP contribution in [-0.2, 0) is 14.3 Å². The second kappa shape index (κ2) is 6.96. The molecular weight excluding hydrogens is 192 g/mol. The first kappa shape index (κ1) is 12.7. The van der Waals surface area contributed by atoms with E-state index in [2.05, 4.69) is 13.8 Å². The van der Waals surface area contributed by atoms with Crippen LogP contribution in [0.4, 0.5) is 0 Å². The zero-order chi connectivity index (χ0) is 11.1. The smallest absolute Gasteiger partial charge is 0.157 e. The zero-order valence-corrected chi connectivity index (χ0v) is 9.78. The van der Waals surface area contributed by atoms with Crippen LogP contribution >= 0.6 is 0 Å². The van der Waals surface area contributed by atoms with Gasteiger partial charge in [-0.05, 0) is 24.7 Å². The third-order valence-electron chi connectivity index (χ3n) is 2.92. The van der Waals surface area contributed by atoms with Crippen LogP contribution < -0.4 is 0 Å². The molecule has 1 saturated heterocycles. The van der Waals surface area contributed by atoms with E-state index in [9.17, 15) is 4.79 Å². The quantitative estimate of drug-likeness (QED) is 0.637. The van der Waals surface area contributed by atoms with Gasteiger partial charge in [-0.3, -0.25) is 0 Å². The van der Waals surface area contributed by atoms with Crippen LogP contribution in [0.15, 0.2) is 0 Å². The summed E-state index contributed by atoms with van der Waals surface area (Å²) in [5, 5.41) is 0. The second-order valence-electron chi connectivity index (χ2n) is 4.60. The highest BCUT2D eigenvalue weighted by molar-refractivity contribution is 5.49. The molecule has 0 aromatic carbocycles. The fraction of sp³-hybridized carbons (Fsp3) is 0.917. The van der Waals surface area contributed by atoms with Gasteiger partial charge >= 0.3 is 0 Å². The monoisotopic (exact) mass is 214 g/mol. The van der Waals surface area contributed by atoms with Gasteiger partial charge in [0.05, 0.1) is 0 Å². The minimum absolute atomic E-state index is 0.0165. The Kier molecular flexibility index (Phi) is 5.88. The molecule has 0 radical (unpaired) electrons. The van der Waals surface area contributed by atoms with Crippen molar-refractivity contribution >= 4 is 6.29 Å². The topological polar surface area (TPSA) is 35.5 Å². The molecule has 15 heavy (non-hydrogen) atoms. The molecule has 0 aliphatic carbocycles. The molecule has 0 N–H and O–H groups in total. The van der Waals surface area contributed by atoms with E-state index in [-0.39, 0.29) is 6.29 Å². The summed E-state index contributed by atoms with van der Waals surface area (Å²) in [6.07, 6.45) is 4.67. The van der Waals surface area contributed by atoms with Crippen molar-refractivity contribution in [2.24, 2.45) is 11.8 Å². The van der Waals surface area contributed by atoms with Crippen LogP contribution in [0.25, 0.3) is 0 Å². The largest absolute Gasteiger partial charge is 0.353 e. The fourth-order valence-corrected chi connectivity index (χ4v) is 1.71. The van der Waals surface area contributed by atoms with Crippen LogP contribution in [0, 0.1) is 11.8 Å². The lowest BCUT2D eigenvalue weighted by Crippen LogP contribution is -2.27. The van der Waals surface area contributed by atoms with Crippen molar-refractivity contribution < 1.29 is 14.3 Å². The third kappa shape index (κ3) is 5.28. The van der Waals surface area contributed by atoms with E-state index in [1.165, 1.54) is 0 Å². The van der Waals surface area contributed by atoms with Crippen molar-refractivity contribution in [1.29, 1.82) is 0 Å². The van der Waals surface area contributed by atoms with Gasteiger partial charge in [0.2, 0.25) is 0 Å². The summed E-state index contributed by atoms with van der Waals surface area (Å²) < 4.78 is 11.1. The van der Waals surface area contributed by atoms with Gasteiger partial charge in [0.1, 0.15) is 6.29 Å². The standard InChI is InChI=1S/C12H22O3/c1-10(3-6-13)4-7-14-12-9-11(2)5-8-15-12/h6,10-12H,3-5,7-9H2,1-2H3. The molecule has 1 aliphatic rings. The van der Waals surface area contributed by atoms with Crippen molar-refractivity contribution in [2.45, 2.75) is 45.8 Å². The summed E-state index contributed by atoms with van der Waals surface area (Å²) in [7, 11) is 0. The number of aldehydes is 1. The number of hydrogen-bond acceptors (Lipinski definition) is 3. The normalized spacial score (nSPS) is 28.7. The lowest BCUT2D eigenvalue weighted by Gasteiger charge is -2.27. The minimum Gasteiger partial charge on any atom is -0.353 e. The van der Waals surface area contributed by atoms with E-state index < -0.39 is 0 Å². The molecule has 1 heterocycles. The SMILES string of the molecule is CC(CC=O)CCOC1CC(C)CCO1. The number of rotatable bonds is 6. The summed E-state index contributed by atoms with van der Waals surface area (Å²) in [6.45, 7) is 5.82. The maximum atomic E-state index is 10.3. The first-order valence-electron chi connectivity index (χ1n) is 5.89. The van der Waals surface area contributed by atoms with Crippen LogP contribution in [0.2, 0.25) is 0 Å². The minimum atomic E-state index is -0.0165. The lowest BCUT2D eigenvalue weighted by atomic mass is 10.0. The zero-order valence-electron chi connectivity index (χ0n) is 9.78. The summed E-state index contributed by atoms with van der Waals surface area (Å²) in [5.41, 5.74) is 0. The Morgan fingerprint density at radius 2 is 2.40 bits per heavy atom. The average Bonchev–Trinajstić information content (AvgIpc) is 2.18. The second-order valence-corrected chi connectivity index (χ2v) is 4.60. The summed E-state index contributed by atoms with van der Waals surface area (Å²) in [5.74, 6) is 1.12. The summed E-state index contributed by atoms with van der Waals surface area (Å²) in [6, 6.07) is 0. The number of ether oxygens (including phenoxy) is 2. The third-order valence-corrected chi connectivity index (χ3v) is 2.92. The maximum absolute atomic E-state index is 10.3. The molecule has 1 rings (SSSR count). The van der Waals surface area contributed by atoms with E-state index >= 15 is 0 Å². The van der Waals surface area contributed by atoms with E-state index in [1.807, 2.05) is 0 Å². The highest BCUT2D eigenvalue weighted by Gasteiger charge is 2.19. The molecule has 0 saturated carbocycles. The predicted octanol–water partition coefficient (Wildman–Crippen LogP) is 2.39.